The van der Waals surface area contributed by atoms with Gasteiger partial charge < -0.3 is 10.4 Å². The van der Waals surface area contributed by atoms with Crippen LogP contribution in [-0.4, -0.2) is 46.6 Å². The Labute approximate surface area is 170 Å². The van der Waals surface area contributed by atoms with Gasteiger partial charge in [0.2, 0.25) is 5.91 Å². The van der Waals surface area contributed by atoms with Crippen molar-refractivity contribution in [2.45, 2.75) is 51.9 Å². The van der Waals surface area contributed by atoms with E-state index in [4.69, 9.17) is 0 Å². The van der Waals surface area contributed by atoms with Crippen molar-refractivity contribution in [1.82, 2.24) is 18.8 Å². The summed E-state index contributed by atoms with van der Waals surface area (Å²) < 4.78 is 30.7. The Morgan fingerprint density at radius 1 is 1.38 bits per heavy atom. The van der Waals surface area contributed by atoms with E-state index in [1.54, 1.807) is 35.9 Å². The van der Waals surface area contributed by atoms with Gasteiger partial charge in [-0.15, -0.1) is 0 Å². The quantitative estimate of drug-likeness (QED) is 0.676. The van der Waals surface area contributed by atoms with E-state index in [9.17, 15) is 18.3 Å². The number of rotatable bonds is 5. The highest BCUT2D eigenvalue weighted by molar-refractivity contribution is 7.87. The molecule has 0 unspecified atom stereocenters. The van der Waals surface area contributed by atoms with E-state index in [-0.39, 0.29) is 6.42 Å². The third-order valence-corrected chi connectivity index (χ3v) is 6.81. The molecular formula is C19H27N5O4S. The van der Waals surface area contributed by atoms with Gasteiger partial charge in [-0.3, -0.25) is 9.48 Å². The van der Waals surface area contributed by atoms with Crippen molar-refractivity contribution in [2.24, 2.45) is 0 Å². The molecule has 1 saturated heterocycles. The summed E-state index contributed by atoms with van der Waals surface area (Å²) in [6.07, 6.45) is 1.50. The molecule has 3 atom stereocenters. The maximum Gasteiger partial charge on any atom is 0.280 e. The summed E-state index contributed by atoms with van der Waals surface area (Å²) in [6.45, 7) is 6.11. The van der Waals surface area contributed by atoms with Crippen LogP contribution in [0.3, 0.4) is 0 Å². The minimum Gasteiger partial charge on any atom is -0.389 e. The molecule has 1 aromatic heterocycles. The van der Waals surface area contributed by atoms with Gasteiger partial charge in [-0.2, -0.15) is 22.5 Å². The second-order valence-electron chi connectivity index (χ2n) is 7.26. The minimum atomic E-state index is -3.83. The number of carbonyl (C=O) groups excluding carboxylic acids is 1. The van der Waals surface area contributed by atoms with Crippen LogP contribution in [0.25, 0.3) is 0 Å². The summed E-state index contributed by atoms with van der Waals surface area (Å²) in [5.41, 5.74) is 2.77. The lowest BCUT2D eigenvalue weighted by molar-refractivity contribution is -0.120. The van der Waals surface area contributed by atoms with Crippen LogP contribution in [0.15, 0.2) is 30.5 Å². The largest absolute Gasteiger partial charge is 0.389 e. The van der Waals surface area contributed by atoms with Gasteiger partial charge in [-0.1, -0.05) is 12.1 Å². The molecule has 0 bridgehead atoms. The molecule has 1 aromatic carbocycles. The van der Waals surface area contributed by atoms with Crippen LogP contribution in [0, 0.1) is 6.92 Å². The first kappa shape index (κ1) is 21.4. The van der Waals surface area contributed by atoms with Gasteiger partial charge in [0.15, 0.2) is 0 Å². The average Bonchev–Trinajstić information content (AvgIpc) is 3.05. The summed E-state index contributed by atoms with van der Waals surface area (Å²) >= 11 is 0. The third kappa shape index (κ3) is 4.50. The number of aryl methyl sites for hydroxylation is 2. The molecule has 0 spiro atoms. The van der Waals surface area contributed by atoms with Crippen LogP contribution in [0.4, 0.5) is 5.69 Å². The highest BCUT2D eigenvalue weighted by Crippen LogP contribution is 2.30. The van der Waals surface area contributed by atoms with E-state index in [2.05, 4.69) is 15.1 Å². The van der Waals surface area contributed by atoms with Gasteiger partial charge in [0.1, 0.15) is 6.04 Å². The lowest BCUT2D eigenvalue weighted by Crippen LogP contribution is -2.56. The van der Waals surface area contributed by atoms with E-state index in [0.29, 0.717) is 12.2 Å². The predicted octanol–water partition coefficient (Wildman–Crippen LogP) is 1.48. The van der Waals surface area contributed by atoms with Gasteiger partial charge in [-0.05, 0) is 44.9 Å². The number of anilines is 1. The molecule has 0 saturated carbocycles. The zero-order valence-corrected chi connectivity index (χ0v) is 17.8. The van der Waals surface area contributed by atoms with Crippen LogP contribution >= 0.6 is 0 Å². The fraction of sp³-hybridized carbons (Fsp3) is 0.474. The molecule has 1 aliphatic heterocycles. The summed E-state index contributed by atoms with van der Waals surface area (Å²) in [5, 5.41) is 16.7. The zero-order valence-electron chi connectivity index (χ0n) is 17.0. The highest BCUT2D eigenvalue weighted by Gasteiger charge is 2.41. The fourth-order valence-corrected chi connectivity index (χ4v) is 4.69. The number of carbonyl (C=O) groups is 1. The molecule has 1 fully saturated rings. The number of aliphatic hydroxyl groups excluding tert-OH is 1. The molecule has 2 aromatic rings. The van der Waals surface area contributed by atoms with Gasteiger partial charge in [0.05, 0.1) is 17.8 Å². The molecule has 0 radical (unpaired) electrons. The first-order valence-corrected chi connectivity index (χ1v) is 10.9. The molecule has 1 amide bonds. The summed E-state index contributed by atoms with van der Waals surface area (Å²) in [7, 11) is -2.43. The molecule has 10 heteroatoms. The number of hydrogen-bond donors (Lipinski definition) is 3. The second-order valence-corrected chi connectivity index (χ2v) is 9.02. The molecule has 29 heavy (non-hydrogen) atoms. The second kappa shape index (κ2) is 8.23. The smallest absolute Gasteiger partial charge is 0.280 e. The van der Waals surface area contributed by atoms with E-state index >= 15 is 0 Å². The Kier molecular flexibility index (Phi) is 6.08. The summed E-state index contributed by atoms with van der Waals surface area (Å²) in [5.74, 6) is -0.409. The Morgan fingerprint density at radius 3 is 2.59 bits per heavy atom. The highest BCUT2D eigenvalue weighted by atomic mass is 32.2. The fourth-order valence-electron chi connectivity index (χ4n) is 3.42. The first-order chi connectivity index (χ1) is 13.6. The standard InChI is InChI=1S/C19H27N5O4S/c1-5-24-11-16(12(2)21-24)17-10-18(23(4)29(27,28)22-17)19(26)20-15-8-6-14(7-9-15)13(3)25/h6-9,11,13,17-18,22,25H,5,10H2,1-4H3,(H,20,26)/t13-,17-,18+/m1/s1. The van der Waals surface area contributed by atoms with E-state index in [0.717, 1.165) is 21.1 Å². The molecule has 1 aliphatic rings. The molecule has 158 valence electrons. The number of benzene rings is 1. The van der Waals surface area contributed by atoms with Crippen LogP contribution < -0.4 is 10.0 Å². The summed E-state index contributed by atoms with van der Waals surface area (Å²) in [4.78, 5) is 12.9. The van der Waals surface area contributed by atoms with Gasteiger partial charge in [-0.25, -0.2) is 0 Å². The van der Waals surface area contributed by atoms with Crippen molar-refractivity contribution in [1.29, 1.82) is 0 Å². The van der Waals surface area contributed by atoms with Gasteiger partial charge >= 0.3 is 0 Å². The number of aliphatic hydroxyl groups is 1. The van der Waals surface area contributed by atoms with E-state index < -0.39 is 34.3 Å². The SMILES string of the molecule is CCn1cc([C@H]2C[C@@H](C(=O)Nc3ccc([C@@H](C)O)cc3)N(C)S(=O)(=O)N2)c(C)n1. The van der Waals surface area contributed by atoms with Crippen LogP contribution in [0.5, 0.6) is 0 Å². The maximum atomic E-state index is 12.9. The number of nitrogens with zero attached hydrogens (tertiary/aromatic N) is 3. The molecule has 0 aliphatic carbocycles. The van der Waals surface area contributed by atoms with E-state index in [1.807, 2.05) is 20.0 Å². The maximum absolute atomic E-state index is 12.9. The van der Waals surface area contributed by atoms with Crippen molar-refractivity contribution >= 4 is 21.8 Å². The Balaban J connectivity index is 1.82. The van der Waals surface area contributed by atoms with E-state index in [1.165, 1.54) is 7.05 Å². The molecule has 3 rings (SSSR count). The van der Waals surface area contributed by atoms with Crippen LogP contribution in [-0.2, 0) is 21.5 Å². The zero-order chi connectivity index (χ0) is 21.3. The minimum absolute atomic E-state index is 0.281. The lowest BCUT2D eigenvalue weighted by atomic mass is 10.00. The molecular weight excluding hydrogens is 394 g/mol. The lowest BCUT2D eigenvalue weighted by Gasteiger charge is -2.36. The van der Waals surface area contributed by atoms with Gasteiger partial charge in [0.25, 0.3) is 10.2 Å². The van der Waals surface area contributed by atoms with Crippen molar-refractivity contribution in [3.05, 3.63) is 47.3 Å². The number of amides is 1. The normalized spacial score (nSPS) is 22.9. The van der Waals surface area contributed by atoms with Crippen molar-refractivity contribution in [3.8, 4) is 0 Å². The number of nitrogens with one attached hydrogen (secondary N) is 2. The first-order valence-electron chi connectivity index (χ1n) is 9.50. The van der Waals surface area contributed by atoms with Crippen molar-refractivity contribution in [3.63, 3.8) is 0 Å². The van der Waals surface area contributed by atoms with Crippen molar-refractivity contribution in [2.75, 3.05) is 12.4 Å². The van der Waals surface area contributed by atoms with Crippen molar-refractivity contribution < 1.29 is 18.3 Å². The predicted molar refractivity (Wildman–Crippen MR) is 109 cm³/mol. The Bertz CT molecular complexity index is 985. The van der Waals surface area contributed by atoms with Crippen LogP contribution in [0.1, 0.15) is 49.2 Å². The van der Waals surface area contributed by atoms with Gasteiger partial charge in [0, 0.05) is 31.0 Å². The van der Waals surface area contributed by atoms with Crippen LogP contribution in [0.2, 0.25) is 0 Å². The monoisotopic (exact) mass is 421 g/mol. The molecule has 2 heterocycles. The topological polar surface area (TPSA) is 117 Å². The number of hydrogen-bond acceptors (Lipinski definition) is 5. The Morgan fingerprint density at radius 2 is 2.03 bits per heavy atom. The molecule has 9 nitrogen and oxygen atoms in total. The molecule has 3 N–H and O–H groups in total. The number of likely N-dealkylation sites (N-methyl/N-ethyl adjacent to an activating group) is 1. The third-order valence-electron chi connectivity index (χ3n) is 5.22. The summed E-state index contributed by atoms with van der Waals surface area (Å²) in [6, 6.07) is 5.39. The average molecular weight is 422 g/mol. The Hall–Kier alpha value is -2.27. The number of aromatic nitrogens is 2.